The number of esters is 1. The van der Waals surface area contributed by atoms with E-state index >= 15 is 0 Å². The number of ether oxygens (including phenoxy) is 3. The Balaban J connectivity index is 1.81. The molecule has 1 aromatic heterocycles. The van der Waals surface area contributed by atoms with Gasteiger partial charge in [0, 0.05) is 22.6 Å². The standard InChI is InChI=1S/C25H27NO5/c1-15-9-16(2)11-19(10-15)26-17(3)12-21(18(26)4)23(27)14-31-25(28)22-13-20(29-5)7-8-24(22)30-6/h7-13H,14H2,1-6H3. The Hall–Kier alpha value is -3.54. The van der Waals surface area contributed by atoms with Gasteiger partial charge in [0.15, 0.2) is 6.61 Å². The number of Topliss-reactive ketones (excluding diaryl/α,β-unsaturated/α-hetero) is 1. The molecule has 0 unspecified atom stereocenters. The van der Waals surface area contributed by atoms with Gasteiger partial charge in [-0.3, -0.25) is 4.79 Å². The van der Waals surface area contributed by atoms with E-state index in [1.165, 1.54) is 20.3 Å². The summed E-state index contributed by atoms with van der Waals surface area (Å²) in [7, 11) is 2.97. The molecule has 0 radical (unpaired) electrons. The Kier molecular flexibility index (Phi) is 6.49. The van der Waals surface area contributed by atoms with E-state index in [-0.39, 0.29) is 18.0 Å². The molecule has 0 atom stereocenters. The highest BCUT2D eigenvalue weighted by atomic mass is 16.5. The molecule has 0 amide bonds. The Morgan fingerprint density at radius 3 is 2.13 bits per heavy atom. The number of aryl methyl sites for hydroxylation is 3. The highest BCUT2D eigenvalue weighted by Crippen LogP contribution is 2.26. The van der Waals surface area contributed by atoms with Crippen LogP contribution in [0.15, 0.2) is 42.5 Å². The second-order valence-electron chi connectivity index (χ2n) is 7.53. The number of ketones is 1. The molecule has 6 heteroatoms. The van der Waals surface area contributed by atoms with Crippen LogP contribution in [0.1, 0.15) is 43.2 Å². The van der Waals surface area contributed by atoms with Crippen LogP contribution in [0.3, 0.4) is 0 Å². The monoisotopic (exact) mass is 421 g/mol. The van der Waals surface area contributed by atoms with E-state index in [4.69, 9.17) is 14.2 Å². The molecule has 2 aromatic carbocycles. The molecule has 3 aromatic rings. The van der Waals surface area contributed by atoms with E-state index < -0.39 is 5.97 Å². The lowest BCUT2D eigenvalue weighted by molar-refractivity contribution is 0.0471. The molecule has 0 saturated carbocycles. The van der Waals surface area contributed by atoms with Gasteiger partial charge in [0.2, 0.25) is 5.78 Å². The highest BCUT2D eigenvalue weighted by molar-refractivity contribution is 6.01. The number of nitrogens with zero attached hydrogens (tertiary/aromatic N) is 1. The van der Waals surface area contributed by atoms with E-state index in [0.29, 0.717) is 17.1 Å². The summed E-state index contributed by atoms with van der Waals surface area (Å²) in [6, 6.07) is 12.9. The summed E-state index contributed by atoms with van der Waals surface area (Å²) in [6.45, 7) is 7.57. The molecule has 3 rings (SSSR count). The van der Waals surface area contributed by atoms with Crippen molar-refractivity contribution >= 4 is 11.8 Å². The first-order valence-electron chi connectivity index (χ1n) is 9.95. The predicted octanol–water partition coefficient (Wildman–Crippen LogP) is 4.77. The zero-order valence-corrected chi connectivity index (χ0v) is 18.7. The fourth-order valence-electron chi connectivity index (χ4n) is 3.78. The van der Waals surface area contributed by atoms with Gasteiger partial charge in [-0.1, -0.05) is 6.07 Å². The topological polar surface area (TPSA) is 66.8 Å². The van der Waals surface area contributed by atoms with Crippen LogP contribution < -0.4 is 9.47 Å². The minimum absolute atomic E-state index is 0.204. The SMILES string of the molecule is COc1ccc(OC)c(C(=O)OCC(=O)c2cc(C)n(-c3cc(C)cc(C)c3)c2C)c1. The summed E-state index contributed by atoms with van der Waals surface area (Å²) in [6.07, 6.45) is 0. The van der Waals surface area contributed by atoms with Gasteiger partial charge < -0.3 is 18.8 Å². The molecule has 0 spiro atoms. The number of hydrogen-bond donors (Lipinski definition) is 0. The molecule has 0 saturated heterocycles. The maximum absolute atomic E-state index is 12.9. The van der Waals surface area contributed by atoms with Crippen LogP contribution in [0.4, 0.5) is 0 Å². The third kappa shape index (κ3) is 4.63. The summed E-state index contributed by atoms with van der Waals surface area (Å²) < 4.78 is 17.7. The first-order valence-corrected chi connectivity index (χ1v) is 9.95. The van der Waals surface area contributed by atoms with Gasteiger partial charge in [0.1, 0.15) is 17.1 Å². The zero-order valence-electron chi connectivity index (χ0n) is 18.7. The normalized spacial score (nSPS) is 10.6. The molecule has 6 nitrogen and oxygen atoms in total. The summed E-state index contributed by atoms with van der Waals surface area (Å²) in [5.74, 6) is -0.0616. The zero-order chi connectivity index (χ0) is 22.7. The maximum atomic E-state index is 12.9. The van der Waals surface area contributed by atoms with E-state index in [9.17, 15) is 9.59 Å². The van der Waals surface area contributed by atoms with Crippen LogP contribution in [-0.2, 0) is 4.74 Å². The lowest BCUT2D eigenvalue weighted by Crippen LogP contribution is -2.15. The van der Waals surface area contributed by atoms with E-state index in [0.717, 1.165) is 28.2 Å². The average Bonchev–Trinajstić information content (AvgIpc) is 3.04. The Labute approximate surface area is 182 Å². The molecule has 162 valence electrons. The smallest absolute Gasteiger partial charge is 0.342 e. The van der Waals surface area contributed by atoms with Crippen LogP contribution in [0, 0.1) is 27.7 Å². The summed E-state index contributed by atoms with van der Waals surface area (Å²) >= 11 is 0. The van der Waals surface area contributed by atoms with Crippen molar-refractivity contribution in [2.24, 2.45) is 0 Å². The number of hydrogen-bond acceptors (Lipinski definition) is 5. The second kappa shape index (κ2) is 9.08. The first kappa shape index (κ1) is 22.2. The van der Waals surface area contributed by atoms with Gasteiger partial charge in [0.25, 0.3) is 0 Å². The van der Waals surface area contributed by atoms with Crippen LogP contribution >= 0.6 is 0 Å². The third-order valence-electron chi connectivity index (χ3n) is 5.16. The van der Waals surface area contributed by atoms with Crippen molar-refractivity contribution in [2.45, 2.75) is 27.7 Å². The van der Waals surface area contributed by atoms with Gasteiger partial charge in [-0.05, 0) is 75.2 Å². The molecule has 0 aliphatic rings. The summed E-state index contributed by atoms with van der Waals surface area (Å²) in [4.78, 5) is 25.4. The quantitative estimate of drug-likeness (QED) is 0.406. The van der Waals surface area contributed by atoms with Gasteiger partial charge in [-0.2, -0.15) is 0 Å². The predicted molar refractivity (Wildman–Crippen MR) is 119 cm³/mol. The molecular weight excluding hydrogens is 394 g/mol. The van der Waals surface area contributed by atoms with E-state index in [1.54, 1.807) is 12.1 Å². The fourth-order valence-corrected chi connectivity index (χ4v) is 3.78. The number of benzene rings is 2. The van der Waals surface area contributed by atoms with Crippen LogP contribution in [0.2, 0.25) is 0 Å². The average molecular weight is 421 g/mol. The molecule has 0 aliphatic carbocycles. The van der Waals surface area contributed by atoms with Crippen molar-refractivity contribution in [3.63, 3.8) is 0 Å². The largest absolute Gasteiger partial charge is 0.497 e. The molecule has 1 heterocycles. The van der Waals surface area contributed by atoms with Crippen LogP contribution in [0.25, 0.3) is 5.69 Å². The fraction of sp³-hybridized carbons (Fsp3) is 0.280. The van der Waals surface area contributed by atoms with Gasteiger partial charge in [-0.25, -0.2) is 4.79 Å². The van der Waals surface area contributed by atoms with Gasteiger partial charge in [0.05, 0.1) is 14.2 Å². The van der Waals surface area contributed by atoms with Crippen molar-refractivity contribution in [1.29, 1.82) is 0 Å². The van der Waals surface area contributed by atoms with E-state index in [1.807, 2.05) is 38.3 Å². The number of carbonyl (C=O) groups is 2. The van der Waals surface area contributed by atoms with Crippen molar-refractivity contribution in [3.8, 4) is 17.2 Å². The van der Waals surface area contributed by atoms with Crippen molar-refractivity contribution in [2.75, 3.05) is 20.8 Å². The summed E-state index contributed by atoms with van der Waals surface area (Å²) in [5, 5.41) is 0. The molecule has 0 aliphatic heterocycles. The third-order valence-corrected chi connectivity index (χ3v) is 5.16. The molecule has 0 bridgehead atoms. The molecule has 0 N–H and O–H groups in total. The van der Waals surface area contributed by atoms with Crippen molar-refractivity contribution in [3.05, 3.63) is 76.1 Å². The minimum atomic E-state index is -0.646. The molecule has 31 heavy (non-hydrogen) atoms. The number of rotatable bonds is 7. The number of aromatic nitrogens is 1. The van der Waals surface area contributed by atoms with Crippen LogP contribution in [-0.4, -0.2) is 37.1 Å². The number of carbonyl (C=O) groups excluding carboxylic acids is 2. The van der Waals surface area contributed by atoms with Gasteiger partial charge in [-0.15, -0.1) is 0 Å². The maximum Gasteiger partial charge on any atom is 0.342 e. The van der Waals surface area contributed by atoms with Crippen LogP contribution in [0.5, 0.6) is 11.5 Å². The Bertz CT molecular complexity index is 1120. The lowest BCUT2D eigenvalue weighted by Gasteiger charge is -2.12. The second-order valence-corrected chi connectivity index (χ2v) is 7.53. The number of methoxy groups -OCH3 is 2. The van der Waals surface area contributed by atoms with Crippen molar-refractivity contribution < 1.29 is 23.8 Å². The van der Waals surface area contributed by atoms with E-state index in [2.05, 4.69) is 18.2 Å². The molecule has 0 fully saturated rings. The Morgan fingerprint density at radius 1 is 0.839 bits per heavy atom. The highest BCUT2D eigenvalue weighted by Gasteiger charge is 2.21. The molecular formula is C25H27NO5. The lowest BCUT2D eigenvalue weighted by atomic mass is 10.1. The van der Waals surface area contributed by atoms with Gasteiger partial charge >= 0.3 is 5.97 Å². The van der Waals surface area contributed by atoms with Crippen molar-refractivity contribution in [1.82, 2.24) is 4.57 Å². The Morgan fingerprint density at radius 2 is 1.52 bits per heavy atom. The minimum Gasteiger partial charge on any atom is -0.497 e. The summed E-state index contributed by atoms with van der Waals surface area (Å²) in [5.41, 5.74) is 5.78. The first-order chi connectivity index (χ1) is 14.7.